The Hall–Kier alpha value is -3.59. The summed E-state index contributed by atoms with van der Waals surface area (Å²) in [6.45, 7) is 3.72. The number of aromatic hydroxyl groups is 1. The molecule has 180 valence electrons. The maximum Gasteiger partial charge on any atom is 0.324 e. The van der Waals surface area contributed by atoms with E-state index in [1.54, 1.807) is 36.4 Å². The van der Waals surface area contributed by atoms with E-state index >= 15 is 0 Å². The van der Waals surface area contributed by atoms with Gasteiger partial charge in [-0.1, -0.05) is 26.0 Å². The molecule has 0 radical (unpaired) electrons. The zero-order chi connectivity index (χ0) is 24.8. The number of nitrogens with zero attached hydrogens (tertiary/aromatic N) is 1. The lowest BCUT2D eigenvalue weighted by Crippen LogP contribution is -2.56. The van der Waals surface area contributed by atoms with Gasteiger partial charge in [-0.25, -0.2) is 4.90 Å². The second-order valence-corrected chi connectivity index (χ2v) is 9.11. The van der Waals surface area contributed by atoms with Gasteiger partial charge in [-0.2, -0.15) is 0 Å². The molecule has 0 aromatic heterocycles. The molecule has 0 bridgehead atoms. The first kappa shape index (κ1) is 23.6. The van der Waals surface area contributed by atoms with Crippen LogP contribution in [0.2, 0.25) is 0 Å². The normalized spacial score (nSPS) is 26.1. The van der Waals surface area contributed by atoms with Crippen LogP contribution in [0, 0.1) is 17.8 Å². The molecule has 0 spiro atoms. The zero-order valence-corrected chi connectivity index (χ0v) is 19.4. The van der Waals surface area contributed by atoms with Crippen LogP contribution in [0.25, 0.3) is 0 Å². The predicted molar refractivity (Wildman–Crippen MR) is 123 cm³/mol. The monoisotopic (exact) mass is 468 g/mol. The largest absolute Gasteiger partial charge is 0.508 e. The molecule has 2 aromatic carbocycles. The van der Waals surface area contributed by atoms with Gasteiger partial charge < -0.3 is 19.7 Å². The molecule has 2 amide bonds. The standard InChI is InChI=1S/C25H28N2O7/c1-13(2)12-25(24(31)32)20-19(21(26-25)15-11-14(33-3)9-10-17(15)28)22(29)27(23(20)30)16-7-5-6-8-18(16)34-4/h5-11,13,19-21,26,28H,12H2,1-4H3,(H,31,32)/t19-,20-,21-,25-/m0/s1. The number of methoxy groups -OCH3 is 2. The number of para-hydroxylation sites is 2. The van der Waals surface area contributed by atoms with Crippen LogP contribution in [0.4, 0.5) is 5.69 Å². The molecule has 0 unspecified atom stereocenters. The molecule has 9 heteroatoms. The van der Waals surface area contributed by atoms with Crippen LogP contribution in [-0.4, -0.2) is 47.8 Å². The fraction of sp³-hybridized carbons (Fsp3) is 0.400. The van der Waals surface area contributed by atoms with Gasteiger partial charge in [0.25, 0.3) is 0 Å². The minimum Gasteiger partial charge on any atom is -0.508 e. The van der Waals surface area contributed by atoms with E-state index in [2.05, 4.69) is 5.32 Å². The van der Waals surface area contributed by atoms with Crippen LogP contribution in [0.5, 0.6) is 17.2 Å². The Morgan fingerprint density at radius 3 is 2.44 bits per heavy atom. The van der Waals surface area contributed by atoms with Crippen LogP contribution in [-0.2, 0) is 14.4 Å². The summed E-state index contributed by atoms with van der Waals surface area (Å²) in [4.78, 5) is 41.4. The number of rotatable bonds is 7. The summed E-state index contributed by atoms with van der Waals surface area (Å²) < 4.78 is 10.6. The summed E-state index contributed by atoms with van der Waals surface area (Å²) in [6, 6.07) is 10.2. The number of phenolic OH excluding ortho intramolecular Hbond substituents is 1. The third-order valence-corrected chi connectivity index (χ3v) is 6.66. The Balaban J connectivity index is 1.92. The van der Waals surface area contributed by atoms with Gasteiger partial charge in [-0.05, 0) is 42.7 Å². The number of phenols is 1. The molecule has 2 aliphatic heterocycles. The van der Waals surface area contributed by atoms with Crippen molar-refractivity contribution in [3.8, 4) is 17.2 Å². The SMILES string of the molecule is COc1ccc(O)c([C@@H]2N[C@](CC(C)C)(C(=O)O)[C@@H]3C(=O)N(c4ccccc4OC)C(=O)[C@@H]32)c1. The molecule has 0 aliphatic carbocycles. The smallest absolute Gasteiger partial charge is 0.324 e. The number of amides is 2. The third-order valence-electron chi connectivity index (χ3n) is 6.66. The van der Waals surface area contributed by atoms with Crippen molar-refractivity contribution in [2.45, 2.75) is 31.8 Å². The molecular formula is C25H28N2O7. The summed E-state index contributed by atoms with van der Waals surface area (Å²) in [7, 11) is 2.90. The number of carbonyl (C=O) groups is 3. The molecule has 3 N–H and O–H groups in total. The lowest BCUT2D eigenvalue weighted by molar-refractivity contribution is -0.149. The van der Waals surface area contributed by atoms with Crippen molar-refractivity contribution in [3.05, 3.63) is 48.0 Å². The Morgan fingerprint density at radius 2 is 1.82 bits per heavy atom. The number of hydrogen-bond acceptors (Lipinski definition) is 7. The van der Waals surface area contributed by atoms with Crippen molar-refractivity contribution in [1.82, 2.24) is 5.32 Å². The third kappa shape index (κ3) is 3.47. The van der Waals surface area contributed by atoms with E-state index in [1.807, 2.05) is 13.8 Å². The number of imide groups is 1. The Bertz CT molecular complexity index is 1150. The lowest BCUT2D eigenvalue weighted by Gasteiger charge is -2.32. The first-order chi connectivity index (χ1) is 16.2. The van der Waals surface area contributed by atoms with Crippen molar-refractivity contribution in [3.63, 3.8) is 0 Å². The minimum atomic E-state index is -1.71. The number of aliphatic carboxylic acids is 1. The second-order valence-electron chi connectivity index (χ2n) is 9.11. The highest BCUT2D eigenvalue weighted by molar-refractivity contribution is 6.24. The molecular weight excluding hydrogens is 440 g/mol. The van der Waals surface area contributed by atoms with Crippen LogP contribution >= 0.6 is 0 Å². The minimum absolute atomic E-state index is 0.0925. The lowest BCUT2D eigenvalue weighted by atomic mass is 9.75. The molecule has 0 saturated carbocycles. The molecule has 2 heterocycles. The number of ether oxygens (including phenoxy) is 2. The Kier molecular flexibility index (Phi) is 5.99. The van der Waals surface area contributed by atoms with E-state index in [0.29, 0.717) is 17.1 Å². The molecule has 4 rings (SSSR count). The Morgan fingerprint density at radius 1 is 1.12 bits per heavy atom. The first-order valence-electron chi connectivity index (χ1n) is 11.0. The van der Waals surface area contributed by atoms with Crippen molar-refractivity contribution in [1.29, 1.82) is 0 Å². The number of carboxylic acid groups (broad SMARTS) is 1. The summed E-state index contributed by atoms with van der Waals surface area (Å²) in [5.74, 6) is -4.08. The van der Waals surface area contributed by atoms with Crippen LogP contribution in [0.15, 0.2) is 42.5 Å². The van der Waals surface area contributed by atoms with Crippen molar-refractivity contribution >= 4 is 23.5 Å². The highest BCUT2D eigenvalue weighted by Gasteiger charge is 2.69. The summed E-state index contributed by atoms with van der Waals surface area (Å²) in [5.41, 5.74) is -1.15. The molecule has 2 aromatic rings. The number of carbonyl (C=O) groups excluding carboxylic acids is 2. The van der Waals surface area contributed by atoms with Gasteiger partial charge in [0.1, 0.15) is 22.8 Å². The van der Waals surface area contributed by atoms with Crippen LogP contribution in [0.1, 0.15) is 31.9 Å². The second kappa shape index (κ2) is 8.64. The van der Waals surface area contributed by atoms with Crippen LogP contribution < -0.4 is 19.7 Å². The first-order valence-corrected chi connectivity index (χ1v) is 11.0. The summed E-state index contributed by atoms with van der Waals surface area (Å²) in [5, 5.41) is 24.1. The average molecular weight is 469 g/mol. The molecule has 34 heavy (non-hydrogen) atoms. The number of carboxylic acids is 1. The van der Waals surface area contributed by atoms with Crippen molar-refractivity contribution < 1.29 is 34.1 Å². The van der Waals surface area contributed by atoms with E-state index in [1.165, 1.54) is 20.3 Å². The zero-order valence-electron chi connectivity index (χ0n) is 19.4. The summed E-state index contributed by atoms with van der Waals surface area (Å²) >= 11 is 0. The van der Waals surface area contributed by atoms with Gasteiger partial charge in [0, 0.05) is 11.6 Å². The van der Waals surface area contributed by atoms with Gasteiger partial charge in [-0.15, -0.1) is 0 Å². The summed E-state index contributed by atoms with van der Waals surface area (Å²) in [6.07, 6.45) is 0.115. The predicted octanol–water partition coefficient (Wildman–Crippen LogP) is 2.73. The number of nitrogens with one attached hydrogen (secondary N) is 1. The fourth-order valence-corrected chi connectivity index (χ4v) is 5.35. The number of hydrogen-bond donors (Lipinski definition) is 3. The average Bonchev–Trinajstić information content (AvgIpc) is 3.27. The van der Waals surface area contributed by atoms with E-state index in [4.69, 9.17) is 9.47 Å². The molecule has 9 nitrogen and oxygen atoms in total. The van der Waals surface area contributed by atoms with E-state index in [-0.39, 0.29) is 23.8 Å². The van der Waals surface area contributed by atoms with Gasteiger partial charge in [0.2, 0.25) is 11.8 Å². The van der Waals surface area contributed by atoms with Gasteiger partial charge in [-0.3, -0.25) is 19.7 Å². The highest BCUT2D eigenvalue weighted by atomic mass is 16.5. The molecule has 4 atom stereocenters. The highest BCUT2D eigenvalue weighted by Crippen LogP contribution is 2.53. The maximum absolute atomic E-state index is 13.8. The molecule has 2 aliphatic rings. The number of anilines is 1. The van der Waals surface area contributed by atoms with Crippen molar-refractivity contribution in [2.24, 2.45) is 17.8 Å². The van der Waals surface area contributed by atoms with E-state index in [9.17, 15) is 24.6 Å². The molecule has 2 saturated heterocycles. The fourth-order valence-electron chi connectivity index (χ4n) is 5.35. The number of fused-ring (bicyclic) bond motifs is 1. The number of benzene rings is 2. The Labute approximate surface area is 197 Å². The van der Waals surface area contributed by atoms with Gasteiger partial charge in [0.05, 0.1) is 31.7 Å². The van der Waals surface area contributed by atoms with E-state index < -0.39 is 41.2 Å². The van der Waals surface area contributed by atoms with Crippen LogP contribution in [0.3, 0.4) is 0 Å². The van der Waals surface area contributed by atoms with E-state index in [0.717, 1.165) is 4.90 Å². The van der Waals surface area contributed by atoms with Gasteiger partial charge in [0.15, 0.2) is 0 Å². The topological polar surface area (TPSA) is 125 Å². The van der Waals surface area contributed by atoms with Crippen molar-refractivity contribution in [2.75, 3.05) is 19.1 Å². The maximum atomic E-state index is 13.8. The van der Waals surface area contributed by atoms with Gasteiger partial charge >= 0.3 is 5.97 Å². The quantitative estimate of drug-likeness (QED) is 0.530. The molecule has 2 fully saturated rings.